The van der Waals surface area contributed by atoms with E-state index in [1.54, 1.807) is 0 Å². The number of hydrogen-bond donors (Lipinski definition) is 2. The molecule has 3 heterocycles. The third-order valence-electron chi connectivity index (χ3n) is 11.8. The van der Waals surface area contributed by atoms with Crippen molar-refractivity contribution in [1.82, 2.24) is 15.2 Å². The van der Waals surface area contributed by atoms with E-state index in [0.717, 1.165) is 48.3 Å². The number of fused-ring (bicyclic) bond motifs is 6. The maximum absolute atomic E-state index is 6.48. The van der Waals surface area contributed by atoms with E-state index in [-0.39, 0.29) is 12.2 Å². The highest BCUT2D eigenvalue weighted by Crippen LogP contribution is 2.40. The SMILES string of the molecule is C1=Cc2c(oc3c(-c4ccc(-n5c6c(c7ccc(-c8ccc(C9NC(c%10ccccc%10)=CC(c%10ccccc%10)N9)cc8)cc75)C=CCC6)cc4)cccc23)CC1. The molecule has 0 spiro atoms. The van der Waals surface area contributed by atoms with Crippen molar-refractivity contribution >= 4 is 39.7 Å². The van der Waals surface area contributed by atoms with Gasteiger partial charge in [-0.3, -0.25) is 5.32 Å². The molecule has 4 heteroatoms. The van der Waals surface area contributed by atoms with Gasteiger partial charge in [-0.15, -0.1) is 0 Å². The highest BCUT2D eigenvalue weighted by atomic mass is 16.3. The molecule has 4 nitrogen and oxygen atoms in total. The van der Waals surface area contributed by atoms with E-state index in [0.29, 0.717) is 0 Å². The van der Waals surface area contributed by atoms with Gasteiger partial charge < -0.3 is 14.3 Å². The Hall–Kier alpha value is -6.62. The topological polar surface area (TPSA) is 42.1 Å². The van der Waals surface area contributed by atoms with Gasteiger partial charge in [-0.2, -0.15) is 0 Å². The van der Waals surface area contributed by atoms with E-state index in [2.05, 4.69) is 191 Å². The van der Waals surface area contributed by atoms with Gasteiger partial charge in [0.15, 0.2) is 0 Å². The van der Waals surface area contributed by atoms with Crippen LogP contribution in [0.1, 0.15) is 64.3 Å². The van der Waals surface area contributed by atoms with E-state index >= 15 is 0 Å². The van der Waals surface area contributed by atoms with Gasteiger partial charge >= 0.3 is 0 Å². The molecule has 2 aliphatic carbocycles. The summed E-state index contributed by atoms with van der Waals surface area (Å²) in [6, 6.07) is 53.0. The lowest BCUT2D eigenvalue weighted by atomic mass is 9.97. The Kier molecular flexibility index (Phi) is 7.96. The summed E-state index contributed by atoms with van der Waals surface area (Å²) in [4.78, 5) is 0. The molecule has 2 aromatic heterocycles. The minimum Gasteiger partial charge on any atom is -0.460 e. The summed E-state index contributed by atoms with van der Waals surface area (Å²) >= 11 is 0. The van der Waals surface area contributed by atoms with Crippen LogP contribution in [0.3, 0.4) is 0 Å². The standard InChI is InChI=1S/C52H41N3O/c1-3-12-36(13-4-1)46-33-47(37-14-5-2-6-15-37)54-52(53-46)38-24-22-34(23-25-38)39-28-31-43-42-16-7-9-20-48(42)55(49(43)32-39)40-29-26-35(27-30-40)41-18-11-19-45-44-17-8-10-21-50(44)56-51(41)45/h1-8,11-19,22-33,46,52-54H,9-10,20-21H2. The number of allylic oxidation sites excluding steroid dienone is 2. The Morgan fingerprint density at radius 3 is 2.12 bits per heavy atom. The predicted octanol–water partition coefficient (Wildman–Crippen LogP) is 12.6. The molecular formula is C52H41N3O. The second kappa shape index (κ2) is 13.6. The molecule has 0 saturated heterocycles. The van der Waals surface area contributed by atoms with Crippen molar-refractivity contribution in [2.75, 3.05) is 0 Å². The summed E-state index contributed by atoms with van der Waals surface area (Å²) in [5.74, 6) is 1.10. The Labute approximate surface area is 327 Å². The second-order valence-electron chi connectivity index (χ2n) is 15.2. The van der Waals surface area contributed by atoms with E-state index < -0.39 is 0 Å². The minimum atomic E-state index is -0.0438. The molecule has 3 aliphatic rings. The molecule has 0 saturated carbocycles. The molecule has 0 fully saturated rings. The number of nitrogens with one attached hydrogen (secondary N) is 2. The zero-order valence-corrected chi connectivity index (χ0v) is 31.1. The Morgan fingerprint density at radius 2 is 1.30 bits per heavy atom. The molecule has 56 heavy (non-hydrogen) atoms. The van der Waals surface area contributed by atoms with Gasteiger partial charge in [-0.1, -0.05) is 152 Å². The molecule has 2 N–H and O–H groups in total. The fraction of sp³-hybridized carbons (Fsp3) is 0.115. The first-order valence-electron chi connectivity index (χ1n) is 19.9. The lowest BCUT2D eigenvalue weighted by molar-refractivity contribution is 0.443. The number of furan rings is 1. The summed E-state index contributed by atoms with van der Waals surface area (Å²) in [7, 11) is 0. The average molecular weight is 724 g/mol. The number of para-hydroxylation sites is 1. The van der Waals surface area contributed by atoms with Crippen molar-refractivity contribution in [3.05, 3.63) is 203 Å². The van der Waals surface area contributed by atoms with Crippen LogP contribution in [0.5, 0.6) is 0 Å². The number of benzene rings is 6. The van der Waals surface area contributed by atoms with Crippen LogP contribution in [0, 0.1) is 0 Å². The number of hydrogen-bond acceptors (Lipinski definition) is 3. The van der Waals surface area contributed by atoms with Crippen LogP contribution in [-0.4, -0.2) is 4.57 Å². The first-order chi connectivity index (χ1) is 27.7. The molecule has 0 bridgehead atoms. The Bertz CT molecular complexity index is 2840. The highest BCUT2D eigenvalue weighted by molar-refractivity contribution is 5.99. The molecular weight excluding hydrogens is 683 g/mol. The zero-order chi connectivity index (χ0) is 37.0. The highest BCUT2D eigenvalue weighted by Gasteiger charge is 2.25. The third-order valence-corrected chi connectivity index (χ3v) is 11.8. The summed E-state index contributed by atoms with van der Waals surface area (Å²) in [6.07, 6.45) is 15.4. The van der Waals surface area contributed by atoms with Gasteiger partial charge in [0, 0.05) is 51.0 Å². The molecule has 6 aromatic carbocycles. The van der Waals surface area contributed by atoms with Crippen molar-refractivity contribution in [2.45, 2.75) is 37.9 Å². The molecule has 8 aromatic rings. The van der Waals surface area contributed by atoms with Gasteiger partial charge in [0.2, 0.25) is 0 Å². The fourth-order valence-corrected chi connectivity index (χ4v) is 9.02. The summed E-state index contributed by atoms with van der Waals surface area (Å²) < 4.78 is 8.97. The molecule has 270 valence electrons. The monoisotopic (exact) mass is 723 g/mol. The molecule has 2 unspecified atom stereocenters. The number of rotatable bonds is 6. The van der Waals surface area contributed by atoms with Gasteiger partial charge in [-0.05, 0) is 76.9 Å². The minimum absolute atomic E-state index is 0.0438. The van der Waals surface area contributed by atoms with Crippen molar-refractivity contribution in [3.63, 3.8) is 0 Å². The molecule has 0 amide bonds. The van der Waals surface area contributed by atoms with Gasteiger partial charge in [-0.25, -0.2) is 0 Å². The lowest BCUT2D eigenvalue weighted by Crippen LogP contribution is -2.39. The number of aromatic nitrogens is 1. The van der Waals surface area contributed by atoms with Crippen LogP contribution in [0.4, 0.5) is 0 Å². The Balaban J connectivity index is 0.930. The first-order valence-corrected chi connectivity index (χ1v) is 19.9. The molecule has 0 radical (unpaired) electrons. The normalized spacial score (nSPS) is 17.4. The van der Waals surface area contributed by atoms with Crippen LogP contribution in [0.25, 0.3) is 67.7 Å². The maximum Gasteiger partial charge on any atom is 0.142 e. The van der Waals surface area contributed by atoms with E-state index in [4.69, 9.17) is 4.42 Å². The predicted molar refractivity (Wildman–Crippen MR) is 231 cm³/mol. The second-order valence-corrected chi connectivity index (χ2v) is 15.2. The van der Waals surface area contributed by atoms with Gasteiger partial charge in [0.1, 0.15) is 17.5 Å². The maximum atomic E-state index is 6.48. The summed E-state index contributed by atoms with van der Waals surface area (Å²) in [5, 5.41) is 10.1. The molecule has 2 atom stereocenters. The van der Waals surface area contributed by atoms with Crippen LogP contribution in [-0.2, 0) is 12.8 Å². The van der Waals surface area contributed by atoms with Crippen molar-refractivity contribution < 1.29 is 4.42 Å². The van der Waals surface area contributed by atoms with E-state index in [1.807, 2.05) is 0 Å². The molecule has 11 rings (SSSR count). The number of aryl methyl sites for hydroxylation is 1. The molecule has 1 aliphatic heterocycles. The van der Waals surface area contributed by atoms with Crippen LogP contribution in [0.2, 0.25) is 0 Å². The summed E-state index contributed by atoms with van der Waals surface area (Å²) in [6.45, 7) is 0. The number of nitrogens with zero attached hydrogens (tertiary/aromatic N) is 1. The van der Waals surface area contributed by atoms with E-state index in [9.17, 15) is 0 Å². The van der Waals surface area contributed by atoms with Gasteiger partial charge in [0.25, 0.3) is 0 Å². The van der Waals surface area contributed by atoms with Crippen LogP contribution >= 0.6 is 0 Å². The van der Waals surface area contributed by atoms with Crippen LogP contribution in [0.15, 0.2) is 168 Å². The lowest BCUT2D eigenvalue weighted by Gasteiger charge is -2.33. The third kappa shape index (κ3) is 5.64. The van der Waals surface area contributed by atoms with Crippen molar-refractivity contribution in [3.8, 4) is 27.9 Å². The first kappa shape index (κ1) is 32.8. The van der Waals surface area contributed by atoms with Gasteiger partial charge in [0.05, 0.1) is 11.6 Å². The Morgan fingerprint density at radius 1 is 0.571 bits per heavy atom. The smallest absolute Gasteiger partial charge is 0.142 e. The average Bonchev–Trinajstić information content (AvgIpc) is 3.83. The van der Waals surface area contributed by atoms with E-state index in [1.165, 1.54) is 72.2 Å². The fourth-order valence-electron chi connectivity index (χ4n) is 9.02. The van der Waals surface area contributed by atoms with Crippen LogP contribution < -0.4 is 10.6 Å². The van der Waals surface area contributed by atoms with Crippen molar-refractivity contribution in [2.24, 2.45) is 0 Å². The zero-order valence-electron chi connectivity index (χ0n) is 31.1. The largest absolute Gasteiger partial charge is 0.460 e. The quantitative estimate of drug-likeness (QED) is 0.179. The van der Waals surface area contributed by atoms with Crippen molar-refractivity contribution in [1.29, 1.82) is 0 Å². The summed E-state index contributed by atoms with van der Waals surface area (Å²) in [5.41, 5.74) is 16.8.